The largest absolute Gasteiger partial charge is 0.406 e. The number of hydrogen-bond donors (Lipinski definition) is 0. The van der Waals surface area contributed by atoms with Crippen LogP contribution >= 0.6 is 0 Å². The maximum Gasteiger partial charge on any atom is 0.406 e. The standard InChI is InChI=1S/C11H8F8/c1-9(10(14,15)16,11(17,18)19)8(13)6-3-2-4-7(12)5-6/h2-5,8H,1H3. The maximum atomic E-state index is 13.7. The predicted octanol–water partition coefficient (Wildman–Crippen LogP) is 4.97. The summed E-state index contributed by atoms with van der Waals surface area (Å²) in [5, 5.41) is 0. The average molecular weight is 292 g/mol. The summed E-state index contributed by atoms with van der Waals surface area (Å²) in [6, 6.07) is 2.60. The fourth-order valence-electron chi connectivity index (χ4n) is 1.45. The Morgan fingerprint density at radius 1 is 0.947 bits per heavy atom. The highest BCUT2D eigenvalue weighted by Gasteiger charge is 2.72. The fourth-order valence-corrected chi connectivity index (χ4v) is 1.45. The Hall–Kier alpha value is -1.34. The van der Waals surface area contributed by atoms with Gasteiger partial charge in [0.25, 0.3) is 0 Å². The van der Waals surface area contributed by atoms with Crippen molar-refractivity contribution in [3.8, 4) is 0 Å². The average Bonchev–Trinajstić information content (AvgIpc) is 2.23. The molecule has 0 saturated carbocycles. The summed E-state index contributed by atoms with van der Waals surface area (Å²) in [6.45, 7) is -0.289. The van der Waals surface area contributed by atoms with Crippen LogP contribution in [0.4, 0.5) is 35.1 Å². The van der Waals surface area contributed by atoms with E-state index in [-0.39, 0.29) is 6.92 Å². The first-order valence-corrected chi connectivity index (χ1v) is 4.94. The molecule has 0 bridgehead atoms. The van der Waals surface area contributed by atoms with E-state index >= 15 is 0 Å². The van der Waals surface area contributed by atoms with E-state index < -0.39 is 35.3 Å². The van der Waals surface area contributed by atoms with Crippen LogP contribution in [0.1, 0.15) is 18.7 Å². The first kappa shape index (κ1) is 15.7. The zero-order chi connectivity index (χ0) is 15.1. The molecule has 19 heavy (non-hydrogen) atoms. The van der Waals surface area contributed by atoms with Crippen molar-refractivity contribution in [3.63, 3.8) is 0 Å². The SMILES string of the molecule is CC(C(F)c1cccc(F)c1)(C(F)(F)F)C(F)(F)F. The fraction of sp³-hybridized carbons (Fsp3) is 0.455. The van der Waals surface area contributed by atoms with Crippen LogP contribution in [0.15, 0.2) is 24.3 Å². The van der Waals surface area contributed by atoms with Crippen molar-refractivity contribution in [1.29, 1.82) is 0 Å². The van der Waals surface area contributed by atoms with Crippen LogP contribution in [0, 0.1) is 11.2 Å². The smallest absolute Gasteiger partial charge is 0.241 e. The Morgan fingerprint density at radius 3 is 1.79 bits per heavy atom. The van der Waals surface area contributed by atoms with Crippen LogP contribution in [0.5, 0.6) is 0 Å². The second kappa shape index (κ2) is 4.64. The highest BCUT2D eigenvalue weighted by Crippen LogP contribution is 2.58. The molecule has 0 heterocycles. The minimum absolute atomic E-state index is 0.289. The van der Waals surface area contributed by atoms with Crippen molar-refractivity contribution in [3.05, 3.63) is 35.6 Å². The minimum Gasteiger partial charge on any atom is -0.241 e. The van der Waals surface area contributed by atoms with Crippen molar-refractivity contribution in [2.24, 2.45) is 5.41 Å². The van der Waals surface area contributed by atoms with E-state index in [0.29, 0.717) is 12.1 Å². The molecular formula is C11H8F8. The topological polar surface area (TPSA) is 0 Å². The summed E-state index contributed by atoms with van der Waals surface area (Å²) in [7, 11) is 0. The van der Waals surface area contributed by atoms with E-state index in [1.807, 2.05) is 0 Å². The van der Waals surface area contributed by atoms with E-state index in [4.69, 9.17) is 0 Å². The Morgan fingerprint density at radius 2 is 1.42 bits per heavy atom. The van der Waals surface area contributed by atoms with Gasteiger partial charge >= 0.3 is 12.4 Å². The second-order valence-electron chi connectivity index (χ2n) is 4.12. The molecule has 0 amide bonds. The summed E-state index contributed by atoms with van der Waals surface area (Å²) >= 11 is 0. The van der Waals surface area contributed by atoms with Gasteiger partial charge in [-0.15, -0.1) is 0 Å². The molecule has 0 aliphatic rings. The molecule has 0 aliphatic heterocycles. The van der Waals surface area contributed by atoms with Crippen molar-refractivity contribution in [2.45, 2.75) is 25.4 Å². The molecule has 0 spiro atoms. The molecule has 1 aromatic rings. The number of benzene rings is 1. The summed E-state index contributed by atoms with van der Waals surface area (Å²) < 4.78 is 102. The third-order valence-corrected chi connectivity index (χ3v) is 2.83. The molecule has 0 aliphatic carbocycles. The molecule has 0 N–H and O–H groups in total. The van der Waals surface area contributed by atoms with E-state index in [0.717, 1.165) is 12.1 Å². The normalized spacial score (nSPS) is 15.4. The first-order valence-electron chi connectivity index (χ1n) is 4.94. The van der Waals surface area contributed by atoms with Gasteiger partial charge in [-0.3, -0.25) is 0 Å². The van der Waals surface area contributed by atoms with E-state index in [2.05, 4.69) is 0 Å². The van der Waals surface area contributed by atoms with E-state index in [1.54, 1.807) is 0 Å². The lowest BCUT2D eigenvalue weighted by molar-refractivity contribution is -0.353. The molecule has 108 valence electrons. The van der Waals surface area contributed by atoms with Crippen LogP contribution in [0.3, 0.4) is 0 Å². The molecule has 0 radical (unpaired) electrons. The monoisotopic (exact) mass is 292 g/mol. The van der Waals surface area contributed by atoms with Gasteiger partial charge in [0.2, 0.25) is 0 Å². The molecule has 1 aromatic carbocycles. The van der Waals surface area contributed by atoms with E-state index in [1.165, 1.54) is 0 Å². The highest BCUT2D eigenvalue weighted by molar-refractivity contribution is 5.22. The van der Waals surface area contributed by atoms with Crippen LogP contribution < -0.4 is 0 Å². The lowest BCUT2D eigenvalue weighted by Crippen LogP contribution is -2.50. The summed E-state index contributed by atoms with van der Waals surface area (Å²) in [6.07, 6.45) is -15.2. The van der Waals surface area contributed by atoms with Crippen LogP contribution in [0.25, 0.3) is 0 Å². The lowest BCUT2D eigenvalue weighted by atomic mass is 9.80. The third kappa shape index (κ3) is 2.66. The molecule has 1 unspecified atom stereocenters. The molecule has 0 fully saturated rings. The molecule has 0 nitrogen and oxygen atoms in total. The van der Waals surface area contributed by atoms with E-state index in [9.17, 15) is 35.1 Å². The molecular weight excluding hydrogens is 284 g/mol. The quantitative estimate of drug-likeness (QED) is 0.675. The minimum atomic E-state index is -5.86. The van der Waals surface area contributed by atoms with Crippen LogP contribution in [-0.2, 0) is 0 Å². The van der Waals surface area contributed by atoms with Crippen molar-refractivity contribution in [1.82, 2.24) is 0 Å². The number of hydrogen-bond acceptors (Lipinski definition) is 0. The first-order chi connectivity index (χ1) is 8.41. The van der Waals surface area contributed by atoms with Gasteiger partial charge in [-0.1, -0.05) is 12.1 Å². The summed E-state index contributed by atoms with van der Waals surface area (Å²) in [4.78, 5) is 0. The highest BCUT2D eigenvalue weighted by atomic mass is 19.4. The van der Waals surface area contributed by atoms with Crippen molar-refractivity contribution < 1.29 is 35.1 Å². The predicted molar refractivity (Wildman–Crippen MR) is 50.5 cm³/mol. The molecule has 0 aromatic heterocycles. The zero-order valence-corrected chi connectivity index (χ0v) is 9.41. The third-order valence-electron chi connectivity index (χ3n) is 2.83. The molecule has 1 rings (SSSR count). The Labute approximate surface area is 103 Å². The summed E-state index contributed by atoms with van der Waals surface area (Å²) in [5.41, 5.74) is -5.62. The molecule has 0 saturated heterocycles. The summed E-state index contributed by atoms with van der Waals surface area (Å²) in [5.74, 6) is -1.12. The van der Waals surface area contributed by atoms with Crippen molar-refractivity contribution >= 4 is 0 Å². The van der Waals surface area contributed by atoms with Gasteiger partial charge in [-0.05, 0) is 24.6 Å². The van der Waals surface area contributed by atoms with Gasteiger partial charge in [0.1, 0.15) is 12.0 Å². The number of halogens is 8. The molecule has 1 atom stereocenters. The van der Waals surface area contributed by atoms with Gasteiger partial charge in [-0.25, -0.2) is 8.78 Å². The lowest BCUT2D eigenvalue weighted by Gasteiger charge is -2.36. The van der Waals surface area contributed by atoms with Crippen molar-refractivity contribution in [2.75, 3.05) is 0 Å². The number of rotatable bonds is 2. The maximum absolute atomic E-state index is 13.7. The van der Waals surface area contributed by atoms with Gasteiger partial charge in [0.15, 0.2) is 5.41 Å². The number of alkyl halides is 7. The van der Waals surface area contributed by atoms with Crippen LogP contribution in [0.2, 0.25) is 0 Å². The second-order valence-corrected chi connectivity index (χ2v) is 4.12. The van der Waals surface area contributed by atoms with Gasteiger partial charge in [0, 0.05) is 0 Å². The Kier molecular flexibility index (Phi) is 3.84. The van der Waals surface area contributed by atoms with Gasteiger partial charge in [0.05, 0.1) is 0 Å². The van der Waals surface area contributed by atoms with Crippen LogP contribution in [-0.4, -0.2) is 12.4 Å². The Bertz CT molecular complexity index is 431. The molecule has 8 heteroatoms. The van der Waals surface area contributed by atoms with Gasteiger partial charge in [-0.2, -0.15) is 26.3 Å². The zero-order valence-electron chi connectivity index (χ0n) is 9.41. The van der Waals surface area contributed by atoms with Gasteiger partial charge < -0.3 is 0 Å². The Balaban J connectivity index is 3.36.